The number of hydrogen-bond acceptors (Lipinski definition) is 2. The normalized spacial score (nSPS) is 14.7. The summed E-state index contributed by atoms with van der Waals surface area (Å²) >= 11 is 6.01. The number of aromatic hydroxyl groups is 1. The van der Waals surface area contributed by atoms with Gasteiger partial charge >= 0.3 is 0 Å². The van der Waals surface area contributed by atoms with Crippen molar-refractivity contribution in [2.24, 2.45) is 0 Å². The number of nitrogens with one attached hydrogen (secondary N) is 1. The van der Waals surface area contributed by atoms with E-state index < -0.39 is 11.0 Å². The van der Waals surface area contributed by atoms with E-state index in [0.29, 0.717) is 22.8 Å². The Morgan fingerprint density at radius 2 is 2.19 bits per heavy atom. The first-order valence-electron chi connectivity index (χ1n) is 6.19. The molecule has 0 aliphatic carbocycles. The zero-order valence-corrected chi connectivity index (χ0v) is 13.3. The van der Waals surface area contributed by atoms with Gasteiger partial charge in [-0.2, -0.15) is 0 Å². The van der Waals surface area contributed by atoms with Crippen LogP contribution in [0.5, 0.6) is 5.75 Å². The van der Waals surface area contributed by atoms with Crippen LogP contribution in [-0.2, 0) is 11.0 Å². The fourth-order valence-electron chi connectivity index (χ4n) is 1.45. The van der Waals surface area contributed by atoms with E-state index in [1.54, 1.807) is 25.1 Å². The first-order valence-corrected chi connectivity index (χ1v) is 7.72. The molecule has 1 atom stereocenters. The predicted octanol–water partition coefficient (Wildman–Crippen LogP) is 3.87. The van der Waals surface area contributed by atoms with Gasteiger partial charge in [-0.1, -0.05) is 23.7 Å². The van der Waals surface area contributed by atoms with Crippen molar-refractivity contribution in [1.82, 2.24) is 4.72 Å². The maximum absolute atomic E-state index is 12.1. The quantitative estimate of drug-likeness (QED) is 0.778. The number of benzene rings is 1. The SMILES string of the molecule is C\C(CNS(=O)c1cc(O)ccc1C)=C(Cl)/C=C\C=C\F. The number of allylic oxidation sites excluding steroid dienone is 4. The van der Waals surface area contributed by atoms with Crippen LogP contribution in [0.2, 0.25) is 0 Å². The van der Waals surface area contributed by atoms with Crippen LogP contribution < -0.4 is 4.72 Å². The molecule has 0 aromatic heterocycles. The number of phenolic OH excluding ortho intramolecular Hbond substituents is 1. The number of hydrogen-bond donors (Lipinski definition) is 2. The molecule has 0 amide bonds. The minimum absolute atomic E-state index is 0.0667. The highest BCUT2D eigenvalue weighted by molar-refractivity contribution is 7.83. The van der Waals surface area contributed by atoms with Gasteiger partial charge in [-0.15, -0.1) is 0 Å². The van der Waals surface area contributed by atoms with E-state index in [4.69, 9.17) is 11.6 Å². The molecule has 0 radical (unpaired) electrons. The van der Waals surface area contributed by atoms with Crippen molar-refractivity contribution in [3.63, 3.8) is 0 Å². The van der Waals surface area contributed by atoms with Crippen molar-refractivity contribution in [3.05, 3.63) is 58.9 Å². The van der Waals surface area contributed by atoms with E-state index in [2.05, 4.69) is 4.72 Å². The molecule has 0 bridgehead atoms. The monoisotopic (exact) mass is 329 g/mol. The van der Waals surface area contributed by atoms with Gasteiger partial charge in [-0.3, -0.25) is 0 Å². The number of halogens is 2. The molecule has 0 fully saturated rings. The first kappa shape index (κ1) is 17.6. The van der Waals surface area contributed by atoms with Crippen molar-refractivity contribution in [1.29, 1.82) is 0 Å². The van der Waals surface area contributed by atoms with Gasteiger partial charge in [-0.05, 0) is 49.3 Å². The van der Waals surface area contributed by atoms with E-state index in [1.165, 1.54) is 18.2 Å². The Balaban J connectivity index is 2.72. The molecule has 0 aliphatic heterocycles. The molecule has 0 spiro atoms. The Bertz CT molecular complexity index is 612. The van der Waals surface area contributed by atoms with E-state index in [-0.39, 0.29) is 5.75 Å². The van der Waals surface area contributed by atoms with Crippen molar-refractivity contribution in [3.8, 4) is 5.75 Å². The van der Waals surface area contributed by atoms with Crippen LogP contribution in [0, 0.1) is 6.92 Å². The van der Waals surface area contributed by atoms with Crippen molar-refractivity contribution in [2.75, 3.05) is 6.54 Å². The molecule has 0 heterocycles. The summed E-state index contributed by atoms with van der Waals surface area (Å²) in [4.78, 5) is 0.523. The smallest absolute Gasteiger partial charge is 0.125 e. The van der Waals surface area contributed by atoms with Gasteiger partial charge in [0.25, 0.3) is 0 Å². The van der Waals surface area contributed by atoms with Gasteiger partial charge in [0, 0.05) is 11.6 Å². The number of aryl methyl sites for hydroxylation is 1. The summed E-state index contributed by atoms with van der Waals surface area (Å²) in [6.07, 6.45) is 4.66. The fourth-order valence-corrected chi connectivity index (χ4v) is 2.68. The molecule has 6 heteroatoms. The van der Waals surface area contributed by atoms with Crippen molar-refractivity contribution < 1.29 is 13.7 Å². The van der Waals surface area contributed by atoms with E-state index in [1.807, 2.05) is 6.92 Å². The summed E-state index contributed by atoms with van der Waals surface area (Å²) in [6.45, 7) is 3.91. The summed E-state index contributed by atoms with van der Waals surface area (Å²) in [5.74, 6) is 0.0667. The number of rotatable bonds is 6. The molecule has 1 aromatic carbocycles. The highest BCUT2D eigenvalue weighted by atomic mass is 35.5. The molecule has 0 saturated carbocycles. The lowest BCUT2D eigenvalue weighted by atomic mass is 10.2. The highest BCUT2D eigenvalue weighted by Gasteiger charge is 2.08. The Kier molecular flexibility index (Phi) is 7.36. The predicted molar refractivity (Wildman–Crippen MR) is 85.2 cm³/mol. The molecule has 0 aliphatic rings. The summed E-state index contributed by atoms with van der Waals surface area (Å²) < 4.78 is 26.8. The molecule has 1 rings (SSSR count). The average Bonchev–Trinajstić information content (AvgIpc) is 2.47. The summed E-state index contributed by atoms with van der Waals surface area (Å²) in [5, 5.41) is 9.88. The second-order valence-corrected chi connectivity index (χ2v) is 6.02. The molecule has 1 aromatic rings. The third-order valence-electron chi connectivity index (χ3n) is 2.67. The minimum Gasteiger partial charge on any atom is -0.508 e. The molecular formula is C15H17ClFNO2S. The topological polar surface area (TPSA) is 49.3 Å². The van der Waals surface area contributed by atoms with Crippen molar-refractivity contribution >= 4 is 22.6 Å². The zero-order chi connectivity index (χ0) is 15.8. The second-order valence-electron chi connectivity index (χ2n) is 4.35. The third-order valence-corrected chi connectivity index (χ3v) is 4.37. The Morgan fingerprint density at radius 3 is 2.86 bits per heavy atom. The zero-order valence-electron chi connectivity index (χ0n) is 11.8. The lowest BCUT2D eigenvalue weighted by molar-refractivity contribution is 0.473. The molecule has 0 saturated heterocycles. The van der Waals surface area contributed by atoms with Crippen LogP contribution in [-0.4, -0.2) is 15.9 Å². The average molecular weight is 330 g/mol. The standard InChI is InChI=1S/C15H17ClFNO2S/c1-11-6-7-13(19)9-15(11)21(20)18-10-12(2)14(16)5-3-4-8-17/h3-9,18-19H,10H2,1-2H3/b5-3-,8-4+,14-12-. The van der Waals surface area contributed by atoms with E-state index in [0.717, 1.165) is 11.1 Å². The lowest BCUT2D eigenvalue weighted by Crippen LogP contribution is -2.20. The molecule has 1 unspecified atom stereocenters. The molecule has 3 nitrogen and oxygen atoms in total. The molecule has 114 valence electrons. The largest absolute Gasteiger partial charge is 0.508 e. The Labute approximate surface area is 131 Å². The first-order chi connectivity index (χ1) is 9.95. The van der Waals surface area contributed by atoms with Crippen LogP contribution in [0.1, 0.15) is 12.5 Å². The van der Waals surface area contributed by atoms with Gasteiger partial charge in [0.1, 0.15) is 16.7 Å². The van der Waals surface area contributed by atoms with Gasteiger partial charge in [0.2, 0.25) is 0 Å². The van der Waals surface area contributed by atoms with Gasteiger partial charge < -0.3 is 5.11 Å². The minimum atomic E-state index is -1.45. The van der Waals surface area contributed by atoms with Gasteiger partial charge in [0.15, 0.2) is 0 Å². The van der Waals surface area contributed by atoms with Crippen LogP contribution in [0.25, 0.3) is 0 Å². The second kappa shape index (κ2) is 8.77. The summed E-state index contributed by atoms with van der Waals surface area (Å²) in [5.41, 5.74) is 1.59. The highest BCUT2D eigenvalue weighted by Crippen LogP contribution is 2.19. The summed E-state index contributed by atoms with van der Waals surface area (Å²) in [7, 11) is -1.45. The summed E-state index contributed by atoms with van der Waals surface area (Å²) in [6, 6.07) is 4.71. The van der Waals surface area contributed by atoms with E-state index in [9.17, 15) is 13.7 Å². The lowest BCUT2D eigenvalue weighted by Gasteiger charge is -2.09. The fraction of sp³-hybridized carbons (Fsp3) is 0.200. The van der Waals surface area contributed by atoms with Crippen LogP contribution in [0.15, 0.2) is 58.3 Å². The number of phenols is 1. The van der Waals surface area contributed by atoms with Crippen LogP contribution in [0.3, 0.4) is 0 Å². The molecule has 2 N–H and O–H groups in total. The Hall–Kier alpha value is -1.43. The van der Waals surface area contributed by atoms with E-state index >= 15 is 0 Å². The maximum Gasteiger partial charge on any atom is 0.125 e. The molecular weight excluding hydrogens is 313 g/mol. The van der Waals surface area contributed by atoms with Crippen LogP contribution >= 0.6 is 11.6 Å². The molecule has 21 heavy (non-hydrogen) atoms. The van der Waals surface area contributed by atoms with Gasteiger partial charge in [0.05, 0.1) is 11.2 Å². The van der Waals surface area contributed by atoms with Crippen molar-refractivity contribution in [2.45, 2.75) is 18.7 Å². The third kappa shape index (κ3) is 5.83. The van der Waals surface area contributed by atoms with Crippen LogP contribution in [0.4, 0.5) is 4.39 Å². The Morgan fingerprint density at radius 1 is 1.48 bits per heavy atom. The van der Waals surface area contributed by atoms with Gasteiger partial charge in [-0.25, -0.2) is 13.3 Å². The maximum atomic E-state index is 12.1.